The number of fused-ring (bicyclic) bond motifs is 1. The van der Waals surface area contributed by atoms with Crippen LogP contribution in [0.3, 0.4) is 0 Å². The van der Waals surface area contributed by atoms with Gasteiger partial charge in [0.25, 0.3) is 0 Å². The molecule has 3 aromatic heterocycles. The van der Waals surface area contributed by atoms with Crippen LogP contribution in [-0.2, 0) is 13.2 Å². The van der Waals surface area contributed by atoms with Gasteiger partial charge in [-0.1, -0.05) is 28.9 Å². The lowest BCUT2D eigenvalue weighted by atomic mass is 10.2. The van der Waals surface area contributed by atoms with Gasteiger partial charge < -0.3 is 15.0 Å². The van der Waals surface area contributed by atoms with Gasteiger partial charge in [-0.25, -0.2) is 14.6 Å². The van der Waals surface area contributed by atoms with E-state index in [1.165, 1.54) is 6.33 Å². The number of nitrogens with zero attached hydrogens (tertiary/aromatic N) is 5. The SMILES string of the molecule is Clc1ccc(Cn2cc(COc3ccc(Nc4ncnc5[nH]ccc45)cc3)nn2)cc1. The molecule has 0 fully saturated rings. The molecule has 0 atom stereocenters. The number of aromatic amines is 1. The predicted octanol–water partition coefficient (Wildman–Crippen LogP) is 4.57. The van der Waals surface area contributed by atoms with Gasteiger partial charge in [-0.2, -0.15) is 0 Å². The Balaban J connectivity index is 1.18. The molecule has 3 heterocycles. The second-order valence-electron chi connectivity index (χ2n) is 6.93. The van der Waals surface area contributed by atoms with Crippen molar-refractivity contribution in [2.45, 2.75) is 13.2 Å². The van der Waals surface area contributed by atoms with E-state index in [2.05, 4.69) is 30.6 Å². The van der Waals surface area contributed by atoms with Gasteiger partial charge in [0.2, 0.25) is 0 Å². The Morgan fingerprint density at radius 1 is 1.00 bits per heavy atom. The summed E-state index contributed by atoms with van der Waals surface area (Å²) in [7, 11) is 0. The summed E-state index contributed by atoms with van der Waals surface area (Å²) in [5.74, 6) is 1.49. The molecular weight excluding hydrogens is 414 g/mol. The van der Waals surface area contributed by atoms with E-state index in [4.69, 9.17) is 16.3 Å². The van der Waals surface area contributed by atoms with E-state index in [0.717, 1.165) is 39.5 Å². The Bertz CT molecular complexity index is 1300. The Kier molecular flexibility index (Phi) is 5.20. The van der Waals surface area contributed by atoms with Gasteiger partial charge in [0.05, 0.1) is 18.1 Å². The van der Waals surface area contributed by atoms with Crippen molar-refractivity contribution in [2.24, 2.45) is 0 Å². The number of ether oxygens (including phenoxy) is 1. The predicted molar refractivity (Wildman–Crippen MR) is 119 cm³/mol. The van der Waals surface area contributed by atoms with Crippen LogP contribution in [0.5, 0.6) is 5.75 Å². The second-order valence-corrected chi connectivity index (χ2v) is 7.37. The molecule has 0 aliphatic rings. The van der Waals surface area contributed by atoms with Crippen molar-refractivity contribution in [2.75, 3.05) is 5.32 Å². The van der Waals surface area contributed by atoms with Crippen molar-refractivity contribution in [3.05, 3.63) is 89.6 Å². The third-order valence-corrected chi connectivity index (χ3v) is 4.95. The highest BCUT2D eigenvalue weighted by atomic mass is 35.5. The molecule has 0 saturated carbocycles. The Labute approximate surface area is 182 Å². The number of H-pyrrole nitrogens is 1. The lowest BCUT2D eigenvalue weighted by Gasteiger charge is -2.08. The van der Waals surface area contributed by atoms with E-state index in [-0.39, 0.29) is 0 Å². The van der Waals surface area contributed by atoms with Crippen molar-refractivity contribution < 1.29 is 4.74 Å². The zero-order valence-electron chi connectivity index (χ0n) is 16.4. The molecule has 5 rings (SSSR count). The summed E-state index contributed by atoms with van der Waals surface area (Å²) in [6.07, 6.45) is 5.24. The van der Waals surface area contributed by atoms with Crippen LogP contribution in [-0.4, -0.2) is 29.9 Å². The maximum absolute atomic E-state index is 5.92. The van der Waals surface area contributed by atoms with E-state index < -0.39 is 0 Å². The first-order valence-electron chi connectivity index (χ1n) is 9.64. The number of halogens is 1. The highest BCUT2D eigenvalue weighted by Gasteiger charge is 2.06. The molecule has 0 aliphatic heterocycles. The molecule has 0 saturated heterocycles. The molecule has 31 heavy (non-hydrogen) atoms. The zero-order chi connectivity index (χ0) is 21.0. The van der Waals surface area contributed by atoms with Gasteiger partial charge in [0.15, 0.2) is 0 Å². The largest absolute Gasteiger partial charge is 0.487 e. The second kappa shape index (κ2) is 8.45. The molecule has 2 N–H and O–H groups in total. The van der Waals surface area contributed by atoms with Gasteiger partial charge >= 0.3 is 0 Å². The van der Waals surface area contributed by atoms with Crippen LogP contribution < -0.4 is 10.1 Å². The molecule has 2 aromatic carbocycles. The summed E-state index contributed by atoms with van der Waals surface area (Å²) >= 11 is 5.92. The van der Waals surface area contributed by atoms with Gasteiger partial charge in [-0.05, 0) is 48.0 Å². The molecule has 0 spiro atoms. The van der Waals surface area contributed by atoms with Crippen molar-refractivity contribution in [1.29, 1.82) is 0 Å². The smallest absolute Gasteiger partial charge is 0.143 e. The van der Waals surface area contributed by atoms with Crippen LogP contribution in [0.1, 0.15) is 11.3 Å². The molecule has 0 unspecified atom stereocenters. The van der Waals surface area contributed by atoms with E-state index in [1.807, 2.05) is 67.0 Å². The van der Waals surface area contributed by atoms with Crippen molar-refractivity contribution in [3.8, 4) is 5.75 Å². The van der Waals surface area contributed by atoms with Crippen LogP contribution in [0.15, 0.2) is 73.3 Å². The van der Waals surface area contributed by atoms with Crippen LogP contribution in [0.4, 0.5) is 11.5 Å². The van der Waals surface area contributed by atoms with Crippen LogP contribution >= 0.6 is 11.6 Å². The number of aromatic nitrogens is 6. The highest BCUT2D eigenvalue weighted by Crippen LogP contribution is 2.24. The summed E-state index contributed by atoms with van der Waals surface area (Å²) in [6, 6.07) is 17.3. The zero-order valence-corrected chi connectivity index (χ0v) is 17.1. The van der Waals surface area contributed by atoms with Crippen molar-refractivity contribution >= 4 is 34.1 Å². The molecule has 0 radical (unpaired) electrons. The number of nitrogens with one attached hydrogen (secondary N) is 2. The number of hydrogen-bond donors (Lipinski definition) is 2. The first kappa shape index (κ1) is 19.1. The Hall–Kier alpha value is -3.91. The minimum Gasteiger partial charge on any atom is -0.487 e. The Morgan fingerprint density at radius 2 is 1.84 bits per heavy atom. The maximum atomic E-state index is 5.92. The third kappa shape index (κ3) is 4.49. The molecule has 8 nitrogen and oxygen atoms in total. The van der Waals surface area contributed by atoms with E-state index in [1.54, 1.807) is 4.68 Å². The number of hydrogen-bond acceptors (Lipinski definition) is 6. The third-order valence-electron chi connectivity index (χ3n) is 4.70. The highest BCUT2D eigenvalue weighted by molar-refractivity contribution is 6.30. The van der Waals surface area contributed by atoms with Gasteiger partial charge in [0, 0.05) is 16.9 Å². The van der Waals surface area contributed by atoms with E-state index in [0.29, 0.717) is 18.2 Å². The molecule has 154 valence electrons. The molecule has 0 bridgehead atoms. The van der Waals surface area contributed by atoms with Gasteiger partial charge in [0.1, 0.15) is 35.8 Å². The van der Waals surface area contributed by atoms with Crippen LogP contribution in [0.2, 0.25) is 5.02 Å². The lowest BCUT2D eigenvalue weighted by molar-refractivity contribution is 0.301. The maximum Gasteiger partial charge on any atom is 0.143 e. The summed E-state index contributed by atoms with van der Waals surface area (Å²) in [5.41, 5.74) is 3.56. The molecule has 0 amide bonds. The quantitative estimate of drug-likeness (QED) is 0.392. The Morgan fingerprint density at radius 3 is 2.68 bits per heavy atom. The van der Waals surface area contributed by atoms with E-state index >= 15 is 0 Å². The number of benzene rings is 2. The monoisotopic (exact) mass is 431 g/mol. The van der Waals surface area contributed by atoms with Gasteiger partial charge in [-0.15, -0.1) is 5.10 Å². The minimum atomic E-state index is 0.337. The van der Waals surface area contributed by atoms with Crippen LogP contribution in [0.25, 0.3) is 11.0 Å². The standard InChI is InChI=1S/C22H18ClN7O/c23-16-3-1-15(2-4-16)11-30-12-18(28-29-30)13-31-19-7-5-17(6-8-19)27-22-20-9-10-24-21(20)25-14-26-22/h1-10,12,14H,11,13H2,(H2,24,25,26,27). The van der Waals surface area contributed by atoms with E-state index in [9.17, 15) is 0 Å². The summed E-state index contributed by atoms with van der Waals surface area (Å²) in [6.45, 7) is 0.964. The molecule has 9 heteroatoms. The van der Waals surface area contributed by atoms with Crippen molar-refractivity contribution in [1.82, 2.24) is 29.9 Å². The minimum absolute atomic E-state index is 0.337. The van der Waals surface area contributed by atoms with Crippen LogP contribution in [0, 0.1) is 0 Å². The topological polar surface area (TPSA) is 93.5 Å². The summed E-state index contributed by atoms with van der Waals surface area (Å²) in [4.78, 5) is 11.6. The lowest BCUT2D eigenvalue weighted by Crippen LogP contribution is -2.00. The number of anilines is 2. The fourth-order valence-corrected chi connectivity index (χ4v) is 3.29. The fraction of sp³-hybridized carbons (Fsp3) is 0.0909. The average molecular weight is 432 g/mol. The first-order valence-corrected chi connectivity index (χ1v) is 10.0. The molecule has 0 aliphatic carbocycles. The van der Waals surface area contributed by atoms with Crippen molar-refractivity contribution in [3.63, 3.8) is 0 Å². The number of rotatable bonds is 7. The fourth-order valence-electron chi connectivity index (χ4n) is 3.16. The summed E-state index contributed by atoms with van der Waals surface area (Å²) < 4.78 is 7.62. The molecule has 5 aromatic rings. The first-order chi connectivity index (χ1) is 15.2. The normalized spacial score (nSPS) is 11.0. The van der Waals surface area contributed by atoms with Gasteiger partial charge in [-0.3, -0.25) is 0 Å². The molecular formula is C22H18ClN7O. The summed E-state index contributed by atoms with van der Waals surface area (Å²) in [5, 5.41) is 13.3. The average Bonchev–Trinajstić information content (AvgIpc) is 3.45.